The molecule has 0 atom stereocenters. The summed E-state index contributed by atoms with van der Waals surface area (Å²) in [6, 6.07) is 15.6. The lowest BCUT2D eigenvalue weighted by Gasteiger charge is -2.12. The number of benzene rings is 2. The largest absolute Gasteiger partial charge is 0.378 e. The number of aromatic nitrogens is 2. The first kappa shape index (κ1) is 15.8. The van der Waals surface area contributed by atoms with Crippen molar-refractivity contribution in [3.8, 4) is 5.69 Å². The molecule has 122 valence electrons. The summed E-state index contributed by atoms with van der Waals surface area (Å²) < 4.78 is 1.72. The highest BCUT2D eigenvalue weighted by molar-refractivity contribution is 6.04. The summed E-state index contributed by atoms with van der Waals surface area (Å²) in [5.41, 5.74) is 4.43. The lowest BCUT2D eigenvalue weighted by Crippen LogP contribution is -2.12. The number of amides is 1. The summed E-state index contributed by atoms with van der Waals surface area (Å²) in [4.78, 5) is 14.4. The molecule has 2 aromatic carbocycles. The molecular formula is C19H20N4O. The lowest BCUT2D eigenvalue weighted by atomic mass is 10.2. The Bertz CT molecular complexity index is 850. The number of carbonyl (C=O) groups is 1. The molecule has 5 nitrogen and oxygen atoms in total. The van der Waals surface area contributed by atoms with Crippen LogP contribution in [0.2, 0.25) is 0 Å². The van der Waals surface area contributed by atoms with E-state index in [9.17, 15) is 4.79 Å². The number of nitrogens with zero attached hydrogens (tertiary/aromatic N) is 3. The van der Waals surface area contributed by atoms with Crippen molar-refractivity contribution in [1.29, 1.82) is 0 Å². The van der Waals surface area contributed by atoms with E-state index >= 15 is 0 Å². The number of hydrogen-bond acceptors (Lipinski definition) is 3. The Morgan fingerprint density at radius 2 is 1.79 bits per heavy atom. The molecule has 0 unspecified atom stereocenters. The predicted octanol–water partition coefficient (Wildman–Crippen LogP) is 3.50. The van der Waals surface area contributed by atoms with Gasteiger partial charge in [-0.15, -0.1) is 0 Å². The Labute approximate surface area is 141 Å². The van der Waals surface area contributed by atoms with Crippen LogP contribution >= 0.6 is 0 Å². The average Bonchev–Trinajstić information content (AvgIpc) is 3.05. The van der Waals surface area contributed by atoms with Crippen LogP contribution in [0.1, 0.15) is 15.9 Å². The summed E-state index contributed by atoms with van der Waals surface area (Å²) in [5, 5.41) is 7.19. The average molecular weight is 320 g/mol. The van der Waals surface area contributed by atoms with E-state index < -0.39 is 0 Å². The zero-order chi connectivity index (χ0) is 17.1. The number of rotatable bonds is 4. The summed E-state index contributed by atoms with van der Waals surface area (Å²) in [5.74, 6) is -0.174. The maximum atomic E-state index is 12.4. The fourth-order valence-corrected chi connectivity index (χ4v) is 2.44. The summed E-state index contributed by atoms with van der Waals surface area (Å²) >= 11 is 0. The van der Waals surface area contributed by atoms with Gasteiger partial charge in [0.1, 0.15) is 0 Å². The number of anilines is 2. The van der Waals surface area contributed by atoms with Crippen molar-refractivity contribution >= 4 is 17.3 Å². The number of nitrogens with one attached hydrogen (secondary N) is 1. The Hall–Kier alpha value is -3.08. The summed E-state index contributed by atoms with van der Waals surface area (Å²) in [6.45, 7) is 2.02. The number of para-hydroxylation sites is 1. The lowest BCUT2D eigenvalue weighted by molar-refractivity contribution is 0.102. The first-order valence-corrected chi connectivity index (χ1v) is 7.74. The van der Waals surface area contributed by atoms with Crippen molar-refractivity contribution in [2.24, 2.45) is 0 Å². The highest BCUT2D eigenvalue weighted by Gasteiger charge is 2.11. The molecule has 0 aliphatic rings. The second kappa shape index (κ2) is 6.58. The molecule has 24 heavy (non-hydrogen) atoms. The monoisotopic (exact) mass is 320 g/mol. The van der Waals surface area contributed by atoms with E-state index in [1.165, 1.54) is 0 Å². The van der Waals surface area contributed by atoms with Crippen molar-refractivity contribution in [2.45, 2.75) is 6.92 Å². The van der Waals surface area contributed by atoms with Crippen LogP contribution in [0.15, 0.2) is 60.9 Å². The fraction of sp³-hybridized carbons (Fsp3) is 0.158. The molecule has 3 rings (SSSR count). The molecular weight excluding hydrogens is 300 g/mol. The molecule has 0 saturated heterocycles. The molecule has 0 fully saturated rings. The van der Waals surface area contributed by atoms with Gasteiger partial charge < -0.3 is 10.2 Å². The van der Waals surface area contributed by atoms with Gasteiger partial charge in [-0.3, -0.25) is 4.79 Å². The smallest absolute Gasteiger partial charge is 0.258 e. The zero-order valence-corrected chi connectivity index (χ0v) is 14.0. The van der Waals surface area contributed by atoms with E-state index in [-0.39, 0.29) is 5.91 Å². The minimum Gasteiger partial charge on any atom is -0.378 e. The van der Waals surface area contributed by atoms with Crippen LogP contribution in [0.25, 0.3) is 5.69 Å². The zero-order valence-electron chi connectivity index (χ0n) is 14.0. The first-order chi connectivity index (χ1) is 11.5. The van der Waals surface area contributed by atoms with Gasteiger partial charge >= 0.3 is 0 Å². The van der Waals surface area contributed by atoms with Gasteiger partial charge in [-0.05, 0) is 42.8 Å². The Morgan fingerprint density at radius 3 is 2.46 bits per heavy atom. The SMILES string of the molecule is Cc1ccccc1-n1cc(C(=O)Nc2ccc(N(C)C)cc2)cn1. The summed E-state index contributed by atoms with van der Waals surface area (Å²) in [7, 11) is 3.96. The molecule has 0 bridgehead atoms. The van der Waals surface area contributed by atoms with Crippen molar-refractivity contribution in [1.82, 2.24) is 9.78 Å². The molecule has 1 heterocycles. The van der Waals surface area contributed by atoms with Crippen LogP contribution in [0.5, 0.6) is 0 Å². The van der Waals surface area contributed by atoms with E-state index in [0.717, 1.165) is 22.6 Å². The summed E-state index contributed by atoms with van der Waals surface area (Å²) in [6.07, 6.45) is 3.32. The van der Waals surface area contributed by atoms with Crippen LogP contribution in [0.3, 0.4) is 0 Å². The molecule has 1 aromatic heterocycles. The van der Waals surface area contributed by atoms with Crippen LogP contribution in [-0.2, 0) is 0 Å². The van der Waals surface area contributed by atoms with Crippen molar-refractivity contribution < 1.29 is 4.79 Å². The van der Waals surface area contributed by atoms with E-state index in [1.54, 1.807) is 17.1 Å². The second-order valence-corrected chi connectivity index (χ2v) is 5.86. The standard InChI is InChI=1S/C19H20N4O/c1-14-6-4-5-7-18(14)23-13-15(12-20-23)19(24)21-16-8-10-17(11-9-16)22(2)3/h4-13H,1-3H3,(H,21,24). The molecule has 1 N–H and O–H groups in total. The van der Waals surface area contributed by atoms with Gasteiger partial charge in [-0.2, -0.15) is 5.10 Å². The predicted molar refractivity (Wildman–Crippen MR) is 97.0 cm³/mol. The number of aryl methyl sites for hydroxylation is 1. The minimum atomic E-state index is -0.174. The fourth-order valence-electron chi connectivity index (χ4n) is 2.44. The minimum absolute atomic E-state index is 0.174. The van der Waals surface area contributed by atoms with E-state index in [1.807, 2.05) is 74.4 Å². The molecule has 0 saturated carbocycles. The maximum Gasteiger partial charge on any atom is 0.258 e. The molecule has 5 heteroatoms. The van der Waals surface area contributed by atoms with Gasteiger partial charge in [0.25, 0.3) is 5.91 Å². The highest BCUT2D eigenvalue weighted by Crippen LogP contribution is 2.17. The molecule has 3 aromatic rings. The van der Waals surface area contributed by atoms with Gasteiger partial charge in [0.05, 0.1) is 17.4 Å². The first-order valence-electron chi connectivity index (χ1n) is 7.74. The van der Waals surface area contributed by atoms with Crippen molar-refractivity contribution in [3.05, 3.63) is 72.1 Å². The van der Waals surface area contributed by atoms with Gasteiger partial charge in [0.15, 0.2) is 0 Å². The van der Waals surface area contributed by atoms with Gasteiger partial charge in [0.2, 0.25) is 0 Å². The van der Waals surface area contributed by atoms with Gasteiger partial charge in [-0.25, -0.2) is 4.68 Å². The van der Waals surface area contributed by atoms with E-state index in [4.69, 9.17) is 0 Å². The Morgan fingerprint density at radius 1 is 1.08 bits per heavy atom. The third-order valence-corrected chi connectivity index (χ3v) is 3.85. The Balaban J connectivity index is 1.75. The molecule has 0 aliphatic heterocycles. The maximum absolute atomic E-state index is 12.4. The van der Waals surface area contributed by atoms with Gasteiger partial charge in [-0.1, -0.05) is 18.2 Å². The molecule has 0 aliphatic carbocycles. The van der Waals surface area contributed by atoms with Crippen LogP contribution in [0.4, 0.5) is 11.4 Å². The topological polar surface area (TPSA) is 50.2 Å². The number of carbonyl (C=O) groups excluding carboxylic acids is 1. The molecule has 0 spiro atoms. The number of hydrogen-bond donors (Lipinski definition) is 1. The van der Waals surface area contributed by atoms with E-state index in [2.05, 4.69) is 10.4 Å². The third-order valence-electron chi connectivity index (χ3n) is 3.85. The van der Waals surface area contributed by atoms with Crippen molar-refractivity contribution in [3.63, 3.8) is 0 Å². The normalized spacial score (nSPS) is 10.5. The van der Waals surface area contributed by atoms with Crippen LogP contribution in [-0.4, -0.2) is 29.8 Å². The van der Waals surface area contributed by atoms with Crippen LogP contribution in [0, 0.1) is 6.92 Å². The quantitative estimate of drug-likeness (QED) is 0.800. The van der Waals surface area contributed by atoms with Crippen molar-refractivity contribution in [2.75, 3.05) is 24.3 Å². The van der Waals surface area contributed by atoms with Gasteiger partial charge in [0, 0.05) is 31.7 Å². The molecule has 0 radical (unpaired) electrons. The highest BCUT2D eigenvalue weighted by atomic mass is 16.1. The third kappa shape index (κ3) is 3.30. The van der Waals surface area contributed by atoms with Crippen LogP contribution < -0.4 is 10.2 Å². The molecule has 1 amide bonds. The Kier molecular flexibility index (Phi) is 4.33. The van der Waals surface area contributed by atoms with E-state index in [0.29, 0.717) is 5.56 Å². The second-order valence-electron chi connectivity index (χ2n) is 5.86.